The predicted octanol–water partition coefficient (Wildman–Crippen LogP) is 2.36. The number of carbonyl (C=O) groups is 1. The zero-order valence-corrected chi connectivity index (χ0v) is 14.0. The van der Waals surface area contributed by atoms with E-state index in [2.05, 4.69) is 19.9 Å². The van der Waals surface area contributed by atoms with Crippen molar-refractivity contribution in [3.05, 3.63) is 54.0 Å². The lowest BCUT2D eigenvalue weighted by Gasteiger charge is -2.17. The summed E-state index contributed by atoms with van der Waals surface area (Å²) >= 11 is 0. The molecule has 4 rings (SSSR count). The summed E-state index contributed by atoms with van der Waals surface area (Å²) in [6.07, 6.45) is 9.86. The highest BCUT2D eigenvalue weighted by molar-refractivity contribution is 5.92. The largest absolute Gasteiger partial charge is 0.350 e. The standard InChI is InChI=1S/C18H21N5O/c1-13-3-4-16-21-15(10-23(16)9-13)17(24)20-11-18(5-6-18)12-22-8-7-19-14(22)2/h3-4,7-10H,5-6,11-12H2,1-2H3,(H,20,24). The van der Waals surface area contributed by atoms with Crippen LogP contribution in [0.3, 0.4) is 0 Å². The van der Waals surface area contributed by atoms with E-state index in [0.717, 1.165) is 36.4 Å². The summed E-state index contributed by atoms with van der Waals surface area (Å²) in [5.41, 5.74) is 2.56. The molecule has 3 heterocycles. The minimum absolute atomic E-state index is 0.106. The molecule has 1 amide bonds. The second-order valence-electron chi connectivity index (χ2n) is 6.88. The number of hydrogen-bond donors (Lipinski definition) is 1. The van der Waals surface area contributed by atoms with E-state index in [1.165, 1.54) is 0 Å². The molecule has 0 unspecified atom stereocenters. The molecule has 24 heavy (non-hydrogen) atoms. The molecule has 0 saturated heterocycles. The van der Waals surface area contributed by atoms with Crippen LogP contribution in [0.1, 0.15) is 34.7 Å². The molecule has 6 heteroatoms. The van der Waals surface area contributed by atoms with Gasteiger partial charge < -0.3 is 14.3 Å². The fourth-order valence-electron chi connectivity index (χ4n) is 3.07. The summed E-state index contributed by atoms with van der Waals surface area (Å²) < 4.78 is 4.05. The lowest BCUT2D eigenvalue weighted by molar-refractivity contribution is 0.0938. The third kappa shape index (κ3) is 2.79. The Balaban J connectivity index is 1.43. The summed E-state index contributed by atoms with van der Waals surface area (Å²) in [4.78, 5) is 21.1. The summed E-state index contributed by atoms with van der Waals surface area (Å²) in [5.74, 6) is 0.910. The number of fused-ring (bicyclic) bond motifs is 1. The van der Waals surface area contributed by atoms with Gasteiger partial charge in [-0.05, 0) is 38.3 Å². The summed E-state index contributed by atoms with van der Waals surface area (Å²) in [6.45, 7) is 5.61. The first-order valence-corrected chi connectivity index (χ1v) is 8.26. The summed E-state index contributed by atoms with van der Waals surface area (Å²) in [7, 11) is 0. The Hall–Kier alpha value is -2.63. The van der Waals surface area contributed by atoms with Gasteiger partial charge in [0.2, 0.25) is 0 Å². The third-order valence-corrected chi connectivity index (χ3v) is 4.84. The Morgan fingerprint density at radius 1 is 1.29 bits per heavy atom. The van der Waals surface area contributed by atoms with E-state index in [-0.39, 0.29) is 11.3 Å². The minimum atomic E-state index is -0.106. The molecule has 0 aliphatic heterocycles. The minimum Gasteiger partial charge on any atom is -0.350 e. The average molecular weight is 323 g/mol. The maximum absolute atomic E-state index is 12.4. The molecule has 3 aromatic heterocycles. The van der Waals surface area contributed by atoms with Crippen LogP contribution in [0.25, 0.3) is 5.65 Å². The van der Waals surface area contributed by atoms with Gasteiger partial charge in [-0.15, -0.1) is 0 Å². The molecule has 6 nitrogen and oxygen atoms in total. The van der Waals surface area contributed by atoms with E-state index < -0.39 is 0 Å². The fraction of sp³-hybridized carbons (Fsp3) is 0.389. The molecule has 1 N–H and O–H groups in total. The van der Waals surface area contributed by atoms with E-state index in [1.807, 2.05) is 49.0 Å². The van der Waals surface area contributed by atoms with Crippen molar-refractivity contribution < 1.29 is 4.79 Å². The molecule has 1 saturated carbocycles. The number of aryl methyl sites for hydroxylation is 2. The van der Waals surface area contributed by atoms with Crippen molar-refractivity contribution >= 4 is 11.6 Å². The molecular formula is C18H21N5O. The van der Waals surface area contributed by atoms with Gasteiger partial charge in [0.15, 0.2) is 0 Å². The zero-order valence-electron chi connectivity index (χ0n) is 14.0. The molecule has 3 aromatic rings. The number of amides is 1. The van der Waals surface area contributed by atoms with Crippen molar-refractivity contribution in [2.45, 2.75) is 33.2 Å². The Labute approximate surface area is 140 Å². The van der Waals surface area contributed by atoms with Crippen LogP contribution < -0.4 is 5.32 Å². The van der Waals surface area contributed by atoms with E-state index in [9.17, 15) is 4.79 Å². The normalized spacial score (nSPS) is 15.6. The smallest absolute Gasteiger partial charge is 0.271 e. The number of aromatic nitrogens is 4. The SMILES string of the molecule is Cc1ccc2nc(C(=O)NCC3(Cn4ccnc4C)CC3)cn2c1. The van der Waals surface area contributed by atoms with Crippen LogP contribution in [-0.4, -0.2) is 31.4 Å². The first-order valence-electron chi connectivity index (χ1n) is 8.26. The van der Waals surface area contributed by atoms with Gasteiger partial charge in [-0.25, -0.2) is 9.97 Å². The van der Waals surface area contributed by atoms with Crippen molar-refractivity contribution in [3.8, 4) is 0 Å². The Kier molecular flexibility index (Phi) is 3.40. The number of nitrogens with one attached hydrogen (secondary N) is 1. The van der Waals surface area contributed by atoms with Crippen LogP contribution in [0.4, 0.5) is 0 Å². The summed E-state index contributed by atoms with van der Waals surface area (Å²) in [5, 5.41) is 3.06. The van der Waals surface area contributed by atoms with Gasteiger partial charge in [0.25, 0.3) is 5.91 Å². The second kappa shape index (κ2) is 5.47. The van der Waals surface area contributed by atoms with Crippen molar-refractivity contribution in [3.63, 3.8) is 0 Å². The van der Waals surface area contributed by atoms with Crippen molar-refractivity contribution in [2.75, 3.05) is 6.54 Å². The molecule has 0 bridgehead atoms. The van der Waals surface area contributed by atoms with Gasteiger partial charge in [-0.1, -0.05) is 6.07 Å². The van der Waals surface area contributed by atoms with Gasteiger partial charge in [-0.3, -0.25) is 4.79 Å². The first kappa shape index (κ1) is 14.9. The number of rotatable bonds is 5. The number of nitrogens with zero attached hydrogens (tertiary/aromatic N) is 4. The molecule has 0 atom stereocenters. The lowest BCUT2D eigenvalue weighted by Crippen LogP contribution is -2.32. The van der Waals surface area contributed by atoms with E-state index in [0.29, 0.717) is 12.2 Å². The second-order valence-corrected chi connectivity index (χ2v) is 6.88. The Morgan fingerprint density at radius 2 is 2.12 bits per heavy atom. The number of carbonyl (C=O) groups excluding carboxylic acids is 1. The Bertz CT molecular complexity index is 903. The quantitative estimate of drug-likeness (QED) is 0.784. The van der Waals surface area contributed by atoms with E-state index in [1.54, 1.807) is 6.20 Å². The highest BCUT2D eigenvalue weighted by Crippen LogP contribution is 2.46. The molecule has 124 valence electrons. The van der Waals surface area contributed by atoms with Gasteiger partial charge >= 0.3 is 0 Å². The monoisotopic (exact) mass is 323 g/mol. The van der Waals surface area contributed by atoms with Crippen LogP contribution in [0, 0.1) is 19.3 Å². The van der Waals surface area contributed by atoms with Crippen LogP contribution in [0.5, 0.6) is 0 Å². The highest BCUT2D eigenvalue weighted by Gasteiger charge is 2.43. The molecule has 1 fully saturated rings. The number of pyridine rings is 1. The fourth-order valence-corrected chi connectivity index (χ4v) is 3.07. The van der Waals surface area contributed by atoms with E-state index >= 15 is 0 Å². The molecular weight excluding hydrogens is 302 g/mol. The predicted molar refractivity (Wildman–Crippen MR) is 90.9 cm³/mol. The molecule has 1 aliphatic carbocycles. The van der Waals surface area contributed by atoms with Gasteiger partial charge in [0, 0.05) is 43.3 Å². The van der Waals surface area contributed by atoms with Crippen LogP contribution in [0.2, 0.25) is 0 Å². The molecule has 1 aliphatic rings. The highest BCUT2D eigenvalue weighted by atomic mass is 16.1. The first-order chi connectivity index (χ1) is 11.5. The number of hydrogen-bond acceptors (Lipinski definition) is 3. The number of imidazole rings is 2. The average Bonchev–Trinajstić information content (AvgIpc) is 3.00. The summed E-state index contributed by atoms with van der Waals surface area (Å²) in [6, 6.07) is 3.92. The van der Waals surface area contributed by atoms with E-state index in [4.69, 9.17) is 0 Å². The maximum Gasteiger partial charge on any atom is 0.271 e. The van der Waals surface area contributed by atoms with Gasteiger partial charge in [0.05, 0.1) is 0 Å². The maximum atomic E-state index is 12.4. The topological polar surface area (TPSA) is 64.2 Å². The van der Waals surface area contributed by atoms with Crippen LogP contribution >= 0.6 is 0 Å². The van der Waals surface area contributed by atoms with Crippen molar-refractivity contribution in [2.24, 2.45) is 5.41 Å². The van der Waals surface area contributed by atoms with Crippen LogP contribution in [0.15, 0.2) is 36.9 Å². The van der Waals surface area contributed by atoms with Gasteiger partial charge in [-0.2, -0.15) is 0 Å². The third-order valence-electron chi connectivity index (χ3n) is 4.84. The molecule has 0 aromatic carbocycles. The lowest BCUT2D eigenvalue weighted by atomic mass is 10.1. The van der Waals surface area contributed by atoms with Crippen LogP contribution in [-0.2, 0) is 6.54 Å². The van der Waals surface area contributed by atoms with Crippen molar-refractivity contribution in [1.82, 2.24) is 24.3 Å². The molecule has 0 spiro atoms. The van der Waals surface area contributed by atoms with Gasteiger partial charge in [0.1, 0.15) is 17.2 Å². The molecule has 0 radical (unpaired) electrons. The Morgan fingerprint density at radius 3 is 2.83 bits per heavy atom. The van der Waals surface area contributed by atoms with Crippen molar-refractivity contribution in [1.29, 1.82) is 0 Å². The zero-order chi connectivity index (χ0) is 16.7.